The van der Waals surface area contributed by atoms with Crippen LogP contribution in [0, 0.1) is 5.92 Å². The summed E-state index contributed by atoms with van der Waals surface area (Å²) in [6, 6.07) is 0. The third kappa shape index (κ3) is 6.74. The van der Waals surface area contributed by atoms with Crippen LogP contribution in [0.3, 0.4) is 0 Å². The van der Waals surface area contributed by atoms with Gasteiger partial charge >= 0.3 is 0 Å². The number of hydrogen-bond donors (Lipinski definition) is 1. The molecule has 1 aliphatic rings. The van der Waals surface area contributed by atoms with Crippen molar-refractivity contribution >= 4 is 9.84 Å². The maximum absolute atomic E-state index is 11.3. The van der Waals surface area contributed by atoms with E-state index in [1.807, 2.05) is 0 Å². The van der Waals surface area contributed by atoms with Crippen LogP contribution in [0.15, 0.2) is 0 Å². The van der Waals surface area contributed by atoms with Crippen molar-refractivity contribution < 1.29 is 13.5 Å². The van der Waals surface area contributed by atoms with Crippen molar-refractivity contribution in [1.82, 2.24) is 0 Å². The highest BCUT2D eigenvalue weighted by Gasteiger charge is 2.15. The Hall–Kier alpha value is -0.0900. The molecule has 0 aromatic rings. The summed E-state index contributed by atoms with van der Waals surface area (Å²) in [5.74, 6) is 1.24. The Balaban J connectivity index is 2.08. The Morgan fingerprint density at radius 3 is 2.44 bits per heavy atom. The zero-order chi connectivity index (χ0) is 13.4. The molecule has 0 heterocycles. The second-order valence-corrected chi connectivity index (χ2v) is 8.09. The van der Waals surface area contributed by atoms with Gasteiger partial charge in [-0.25, -0.2) is 8.42 Å². The topological polar surface area (TPSA) is 54.4 Å². The highest BCUT2D eigenvalue weighted by Crippen LogP contribution is 2.28. The van der Waals surface area contributed by atoms with Crippen molar-refractivity contribution in [2.24, 2.45) is 5.92 Å². The van der Waals surface area contributed by atoms with Crippen LogP contribution in [0.5, 0.6) is 0 Å². The van der Waals surface area contributed by atoms with Gasteiger partial charge in [0, 0.05) is 5.75 Å². The molecule has 108 valence electrons. The minimum absolute atomic E-state index is 0.213. The van der Waals surface area contributed by atoms with Gasteiger partial charge in [0.2, 0.25) is 0 Å². The molecule has 18 heavy (non-hydrogen) atoms. The molecule has 1 N–H and O–H groups in total. The highest BCUT2D eigenvalue weighted by atomic mass is 32.2. The van der Waals surface area contributed by atoms with Crippen LogP contribution in [0.25, 0.3) is 0 Å². The fourth-order valence-electron chi connectivity index (χ4n) is 2.73. The number of sulfone groups is 1. The Bertz CT molecular complexity index is 305. The van der Waals surface area contributed by atoms with Gasteiger partial charge < -0.3 is 5.11 Å². The quantitative estimate of drug-likeness (QED) is 0.741. The van der Waals surface area contributed by atoms with E-state index in [4.69, 9.17) is 0 Å². The lowest BCUT2D eigenvalue weighted by Gasteiger charge is -2.22. The first-order chi connectivity index (χ1) is 8.53. The van der Waals surface area contributed by atoms with Gasteiger partial charge in [-0.2, -0.15) is 0 Å². The normalized spacial score (nSPS) is 19.9. The van der Waals surface area contributed by atoms with E-state index in [1.165, 1.54) is 32.1 Å². The summed E-state index contributed by atoms with van der Waals surface area (Å²) in [7, 11) is -2.86. The molecule has 0 bridgehead atoms. The molecular formula is C14H28O3S. The van der Waals surface area contributed by atoms with Gasteiger partial charge in [-0.15, -0.1) is 0 Å². The molecule has 1 aliphatic carbocycles. The largest absolute Gasteiger partial charge is 0.393 e. The molecule has 1 rings (SSSR count). The van der Waals surface area contributed by atoms with Crippen LogP contribution in [-0.4, -0.2) is 31.1 Å². The summed E-state index contributed by atoms with van der Waals surface area (Å²) in [4.78, 5) is 0. The minimum Gasteiger partial charge on any atom is -0.393 e. The van der Waals surface area contributed by atoms with Crippen molar-refractivity contribution in [3.05, 3.63) is 0 Å². The smallest absolute Gasteiger partial charge is 0.150 e. The fraction of sp³-hybridized carbons (Fsp3) is 1.00. The number of aliphatic hydroxyl groups excluding tert-OH is 1. The summed E-state index contributed by atoms with van der Waals surface area (Å²) in [5.41, 5.74) is 0. The third-order valence-electron chi connectivity index (χ3n) is 4.07. The summed E-state index contributed by atoms with van der Waals surface area (Å²) in [6.45, 7) is 1.68. The predicted octanol–water partition coefficient (Wildman–Crippen LogP) is 2.92. The molecular weight excluding hydrogens is 248 g/mol. The van der Waals surface area contributed by atoms with Gasteiger partial charge in [0.05, 0.1) is 11.9 Å². The molecule has 3 nitrogen and oxygen atoms in total. The van der Waals surface area contributed by atoms with Crippen LogP contribution < -0.4 is 0 Å². The van der Waals surface area contributed by atoms with E-state index in [0.717, 1.165) is 18.8 Å². The number of aliphatic hydroxyl groups is 1. The fourth-order valence-corrected chi connectivity index (χ4v) is 3.63. The molecule has 0 spiro atoms. The van der Waals surface area contributed by atoms with Crippen molar-refractivity contribution in [3.8, 4) is 0 Å². The molecule has 0 aromatic heterocycles. The lowest BCUT2D eigenvalue weighted by atomic mass is 9.85. The molecule has 0 amide bonds. The first-order valence-corrected chi connectivity index (χ1v) is 9.24. The number of rotatable bonds is 8. The van der Waals surface area contributed by atoms with E-state index in [2.05, 4.69) is 0 Å². The molecule has 0 aliphatic heterocycles. The van der Waals surface area contributed by atoms with Gasteiger partial charge in [-0.3, -0.25) is 0 Å². The maximum Gasteiger partial charge on any atom is 0.150 e. The first-order valence-electron chi connectivity index (χ1n) is 7.42. The second kappa shape index (κ2) is 8.16. The van der Waals surface area contributed by atoms with Gasteiger partial charge in [-0.1, -0.05) is 39.0 Å². The zero-order valence-corrected chi connectivity index (χ0v) is 12.4. The van der Waals surface area contributed by atoms with Crippen LogP contribution >= 0.6 is 0 Å². The summed E-state index contributed by atoms with van der Waals surface area (Å²) in [6.07, 6.45) is 9.57. The van der Waals surface area contributed by atoms with Crippen LogP contribution in [-0.2, 0) is 9.84 Å². The third-order valence-corrected chi connectivity index (χ3v) is 5.86. The molecule has 0 aromatic carbocycles. The van der Waals surface area contributed by atoms with Crippen LogP contribution in [0.1, 0.15) is 64.7 Å². The van der Waals surface area contributed by atoms with E-state index in [-0.39, 0.29) is 17.6 Å². The van der Waals surface area contributed by atoms with Gasteiger partial charge in [-0.05, 0) is 31.6 Å². The van der Waals surface area contributed by atoms with Crippen molar-refractivity contribution in [1.29, 1.82) is 0 Å². The number of hydrogen-bond acceptors (Lipinski definition) is 3. The van der Waals surface area contributed by atoms with Gasteiger partial charge in [0.15, 0.2) is 0 Å². The summed E-state index contributed by atoms with van der Waals surface area (Å²) in [5, 5.41) is 9.85. The average Bonchev–Trinajstić information content (AvgIpc) is 2.37. The standard InChI is InChI=1S/C14H28O3S/c1-2-18(16,17)12-6-9-14(15)11-10-13-7-4-3-5-8-13/h13-15H,2-12H2,1H3. The Morgan fingerprint density at radius 2 is 1.83 bits per heavy atom. The second-order valence-electron chi connectivity index (χ2n) is 5.61. The molecule has 1 atom stereocenters. The van der Waals surface area contributed by atoms with E-state index in [9.17, 15) is 13.5 Å². The Labute approximate surface area is 112 Å². The van der Waals surface area contributed by atoms with Gasteiger partial charge in [0.25, 0.3) is 0 Å². The zero-order valence-electron chi connectivity index (χ0n) is 11.6. The first kappa shape index (κ1) is 16.0. The van der Waals surface area contributed by atoms with Crippen LogP contribution in [0.2, 0.25) is 0 Å². The van der Waals surface area contributed by atoms with E-state index in [0.29, 0.717) is 12.8 Å². The maximum atomic E-state index is 11.3. The highest BCUT2D eigenvalue weighted by molar-refractivity contribution is 7.91. The molecule has 1 fully saturated rings. The monoisotopic (exact) mass is 276 g/mol. The minimum atomic E-state index is -2.86. The molecule has 0 radical (unpaired) electrons. The molecule has 0 saturated heterocycles. The lowest BCUT2D eigenvalue weighted by molar-refractivity contribution is 0.139. The van der Waals surface area contributed by atoms with E-state index >= 15 is 0 Å². The van der Waals surface area contributed by atoms with Crippen molar-refractivity contribution in [2.45, 2.75) is 70.8 Å². The Kier molecular flexibility index (Phi) is 7.23. The summed E-state index contributed by atoms with van der Waals surface area (Å²) >= 11 is 0. The summed E-state index contributed by atoms with van der Waals surface area (Å²) < 4.78 is 22.6. The van der Waals surface area contributed by atoms with Crippen molar-refractivity contribution in [2.75, 3.05) is 11.5 Å². The van der Waals surface area contributed by atoms with Crippen molar-refractivity contribution in [3.63, 3.8) is 0 Å². The average molecular weight is 276 g/mol. The molecule has 4 heteroatoms. The van der Waals surface area contributed by atoms with Crippen LogP contribution in [0.4, 0.5) is 0 Å². The SMILES string of the molecule is CCS(=O)(=O)CCCC(O)CCC1CCCCC1. The molecule has 1 unspecified atom stereocenters. The van der Waals surface area contributed by atoms with Gasteiger partial charge in [0.1, 0.15) is 9.84 Å². The predicted molar refractivity (Wildman–Crippen MR) is 75.4 cm³/mol. The lowest BCUT2D eigenvalue weighted by Crippen LogP contribution is -2.15. The Morgan fingerprint density at radius 1 is 1.17 bits per heavy atom. The van der Waals surface area contributed by atoms with E-state index < -0.39 is 9.84 Å². The molecule has 1 saturated carbocycles. The van der Waals surface area contributed by atoms with E-state index in [1.54, 1.807) is 6.92 Å².